The highest BCUT2D eigenvalue weighted by Gasteiger charge is 2.33. The molecule has 5 nitrogen and oxygen atoms in total. The lowest BCUT2D eigenvalue weighted by Crippen LogP contribution is -2.46. The maximum Gasteiger partial charge on any atom is 0.243 e. The Morgan fingerprint density at radius 3 is 2.65 bits per heavy atom. The van der Waals surface area contributed by atoms with Gasteiger partial charge in [0.25, 0.3) is 0 Å². The van der Waals surface area contributed by atoms with E-state index in [2.05, 4.69) is 5.32 Å². The molecule has 2 unspecified atom stereocenters. The lowest BCUT2D eigenvalue weighted by atomic mass is 9.98. The number of hydrogen-bond acceptors (Lipinski definition) is 3. The van der Waals surface area contributed by atoms with Crippen LogP contribution in [0.15, 0.2) is 29.2 Å². The summed E-state index contributed by atoms with van der Waals surface area (Å²) in [5.74, 6) is -0.917. The zero-order chi connectivity index (χ0) is 17.0. The van der Waals surface area contributed by atoms with Crippen LogP contribution in [0, 0.1) is 11.7 Å². The van der Waals surface area contributed by atoms with Crippen LogP contribution in [-0.2, 0) is 14.8 Å². The van der Waals surface area contributed by atoms with Crippen LogP contribution < -0.4 is 5.32 Å². The van der Waals surface area contributed by atoms with Crippen molar-refractivity contribution in [1.82, 2.24) is 9.62 Å². The maximum absolute atomic E-state index is 13.0. The second kappa shape index (κ2) is 7.40. The van der Waals surface area contributed by atoms with Gasteiger partial charge in [-0.2, -0.15) is 4.31 Å². The Morgan fingerprint density at radius 2 is 2.04 bits per heavy atom. The number of sulfonamides is 1. The summed E-state index contributed by atoms with van der Waals surface area (Å²) in [6, 6.07) is 4.85. The van der Waals surface area contributed by atoms with Crippen molar-refractivity contribution in [3.05, 3.63) is 30.1 Å². The van der Waals surface area contributed by atoms with Gasteiger partial charge in [0.15, 0.2) is 0 Å². The minimum absolute atomic E-state index is 0.0573. The van der Waals surface area contributed by atoms with Gasteiger partial charge in [0.05, 0.1) is 10.8 Å². The van der Waals surface area contributed by atoms with Gasteiger partial charge in [-0.25, -0.2) is 12.8 Å². The van der Waals surface area contributed by atoms with Crippen LogP contribution >= 0.6 is 0 Å². The molecule has 1 saturated heterocycles. The molecule has 1 amide bonds. The van der Waals surface area contributed by atoms with Gasteiger partial charge in [0.1, 0.15) is 5.82 Å². The van der Waals surface area contributed by atoms with Gasteiger partial charge in [-0.15, -0.1) is 0 Å². The Bertz CT molecular complexity index is 646. The molecule has 0 spiro atoms. The molecule has 128 valence electrons. The molecule has 1 aromatic carbocycles. The highest BCUT2D eigenvalue weighted by Crippen LogP contribution is 2.24. The molecule has 1 N–H and O–H groups in total. The first-order valence-corrected chi connectivity index (χ1v) is 9.34. The van der Waals surface area contributed by atoms with E-state index < -0.39 is 15.8 Å². The predicted octanol–water partition coefficient (Wildman–Crippen LogP) is 2.14. The molecule has 7 heteroatoms. The molecule has 1 aliphatic heterocycles. The van der Waals surface area contributed by atoms with Crippen LogP contribution in [0.25, 0.3) is 0 Å². The maximum atomic E-state index is 13.0. The van der Waals surface area contributed by atoms with Gasteiger partial charge in [-0.3, -0.25) is 4.79 Å². The molecular formula is C16H23FN2O3S. The van der Waals surface area contributed by atoms with Crippen molar-refractivity contribution in [2.45, 2.75) is 44.0 Å². The molecule has 0 saturated carbocycles. The molecule has 0 aliphatic carbocycles. The smallest absolute Gasteiger partial charge is 0.243 e. The average molecular weight is 342 g/mol. The van der Waals surface area contributed by atoms with Crippen LogP contribution in [0.2, 0.25) is 0 Å². The van der Waals surface area contributed by atoms with Gasteiger partial charge in [0.2, 0.25) is 15.9 Å². The molecule has 0 bridgehead atoms. The fourth-order valence-electron chi connectivity index (χ4n) is 2.59. The summed E-state index contributed by atoms with van der Waals surface area (Å²) in [6.45, 7) is 4.46. The number of hydrogen-bond donors (Lipinski definition) is 1. The van der Waals surface area contributed by atoms with Crippen LogP contribution in [-0.4, -0.2) is 37.8 Å². The minimum atomic E-state index is -3.69. The Hall–Kier alpha value is -1.47. The Kier molecular flexibility index (Phi) is 5.75. The van der Waals surface area contributed by atoms with Gasteiger partial charge < -0.3 is 5.32 Å². The summed E-state index contributed by atoms with van der Waals surface area (Å²) < 4.78 is 39.5. The van der Waals surface area contributed by atoms with Gasteiger partial charge >= 0.3 is 0 Å². The number of benzene rings is 1. The fraction of sp³-hybridized carbons (Fsp3) is 0.562. The number of amides is 1. The number of carbonyl (C=O) groups is 1. The van der Waals surface area contributed by atoms with Crippen LogP contribution in [0.4, 0.5) is 4.39 Å². The SMILES string of the molecule is CCC(C)NC(=O)C1CCCN(S(=O)(=O)c2ccc(F)cc2)C1. The summed E-state index contributed by atoms with van der Waals surface area (Å²) >= 11 is 0. The zero-order valence-electron chi connectivity index (χ0n) is 13.5. The topological polar surface area (TPSA) is 66.5 Å². The summed E-state index contributed by atoms with van der Waals surface area (Å²) in [5.41, 5.74) is 0. The van der Waals surface area contributed by atoms with Crippen molar-refractivity contribution in [2.75, 3.05) is 13.1 Å². The first-order valence-electron chi connectivity index (χ1n) is 7.90. The quantitative estimate of drug-likeness (QED) is 0.891. The standard InChI is InChI=1S/C16H23FN2O3S/c1-3-12(2)18-16(20)13-5-4-10-19(11-13)23(21,22)15-8-6-14(17)7-9-15/h6-9,12-13H,3-5,10-11H2,1-2H3,(H,18,20). The number of rotatable bonds is 5. The van der Waals surface area contributed by atoms with Gasteiger partial charge in [0, 0.05) is 19.1 Å². The molecule has 0 aromatic heterocycles. The summed E-state index contributed by atoms with van der Waals surface area (Å²) in [4.78, 5) is 12.3. The van der Waals surface area contributed by atoms with Crippen molar-refractivity contribution in [2.24, 2.45) is 5.92 Å². The molecular weight excluding hydrogens is 319 g/mol. The molecule has 2 atom stereocenters. The van der Waals surface area contributed by atoms with E-state index in [-0.39, 0.29) is 29.3 Å². The number of nitrogens with one attached hydrogen (secondary N) is 1. The third kappa shape index (κ3) is 4.29. The molecule has 1 heterocycles. The predicted molar refractivity (Wildman–Crippen MR) is 85.8 cm³/mol. The van der Waals surface area contributed by atoms with Crippen LogP contribution in [0.5, 0.6) is 0 Å². The first kappa shape index (κ1) is 17.9. The highest BCUT2D eigenvalue weighted by atomic mass is 32.2. The molecule has 0 radical (unpaired) electrons. The third-order valence-electron chi connectivity index (χ3n) is 4.21. The van der Waals surface area contributed by atoms with Crippen molar-refractivity contribution in [3.63, 3.8) is 0 Å². The summed E-state index contributed by atoms with van der Waals surface area (Å²) in [5, 5.41) is 2.91. The van der Waals surface area contributed by atoms with Crippen molar-refractivity contribution in [3.8, 4) is 0 Å². The van der Waals surface area contributed by atoms with Crippen molar-refractivity contribution < 1.29 is 17.6 Å². The zero-order valence-corrected chi connectivity index (χ0v) is 14.3. The lowest BCUT2D eigenvalue weighted by Gasteiger charge is -2.31. The highest BCUT2D eigenvalue weighted by molar-refractivity contribution is 7.89. The van der Waals surface area contributed by atoms with E-state index in [4.69, 9.17) is 0 Å². The van der Waals surface area contributed by atoms with E-state index in [9.17, 15) is 17.6 Å². The largest absolute Gasteiger partial charge is 0.353 e. The number of piperidine rings is 1. The van der Waals surface area contributed by atoms with Crippen molar-refractivity contribution in [1.29, 1.82) is 0 Å². The Labute approximate surface area is 136 Å². The first-order chi connectivity index (χ1) is 10.8. The Balaban J connectivity index is 2.11. The number of halogens is 1. The van der Waals surface area contributed by atoms with E-state index >= 15 is 0 Å². The minimum Gasteiger partial charge on any atom is -0.353 e. The van der Waals surface area contributed by atoms with E-state index in [0.29, 0.717) is 19.4 Å². The molecule has 23 heavy (non-hydrogen) atoms. The Morgan fingerprint density at radius 1 is 1.39 bits per heavy atom. The third-order valence-corrected chi connectivity index (χ3v) is 6.09. The summed E-state index contributed by atoms with van der Waals surface area (Å²) in [7, 11) is -3.69. The van der Waals surface area contributed by atoms with E-state index in [1.165, 1.54) is 16.4 Å². The number of nitrogens with zero attached hydrogens (tertiary/aromatic N) is 1. The normalized spacial score (nSPS) is 20.9. The van der Waals surface area contributed by atoms with E-state index in [0.717, 1.165) is 18.6 Å². The second-order valence-corrected chi connectivity index (χ2v) is 7.91. The van der Waals surface area contributed by atoms with E-state index in [1.54, 1.807) is 0 Å². The van der Waals surface area contributed by atoms with Crippen molar-refractivity contribution >= 4 is 15.9 Å². The monoisotopic (exact) mass is 342 g/mol. The van der Waals surface area contributed by atoms with Crippen LogP contribution in [0.3, 0.4) is 0 Å². The van der Waals surface area contributed by atoms with Gasteiger partial charge in [-0.05, 0) is 50.5 Å². The molecule has 2 rings (SSSR count). The average Bonchev–Trinajstić information content (AvgIpc) is 2.55. The van der Waals surface area contributed by atoms with E-state index in [1.807, 2.05) is 13.8 Å². The fourth-order valence-corrected chi connectivity index (χ4v) is 4.12. The molecule has 1 aromatic rings. The lowest BCUT2D eigenvalue weighted by molar-refractivity contribution is -0.126. The second-order valence-electron chi connectivity index (χ2n) is 5.97. The molecule has 1 fully saturated rings. The number of carbonyl (C=O) groups excluding carboxylic acids is 1. The van der Waals surface area contributed by atoms with Crippen LogP contribution in [0.1, 0.15) is 33.1 Å². The van der Waals surface area contributed by atoms with Gasteiger partial charge in [-0.1, -0.05) is 6.92 Å². The molecule has 1 aliphatic rings. The summed E-state index contributed by atoms with van der Waals surface area (Å²) in [6.07, 6.45) is 2.15.